The molecule has 2 amide bonds. The number of carbonyl (C=O) groups is 1. The van der Waals surface area contributed by atoms with E-state index in [4.69, 9.17) is 9.26 Å². The van der Waals surface area contributed by atoms with E-state index in [-0.39, 0.29) is 12.1 Å². The first kappa shape index (κ1) is 19.8. The van der Waals surface area contributed by atoms with Crippen molar-refractivity contribution in [3.05, 3.63) is 46.8 Å². The van der Waals surface area contributed by atoms with Gasteiger partial charge in [-0.2, -0.15) is 0 Å². The zero-order valence-corrected chi connectivity index (χ0v) is 17.9. The predicted molar refractivity (Wildman–Crippen MR) is 110 cm³/mol. The molecule has 2 fully saturated rings. The number of likely N-dealkylation sites (tertiary alicyclic amines) is 2. The summed E-state index contributed by atoms with van der Waals surface area (Å²) in [7, 11) is 5.32. The highest BCUT2D eigenvalue weighted by atomic mass is 16.5. The monoisotopic (exact) mass is 398 g/mol. The zero-order valence-electron chi connectivity index (χ0n) is 17.9. The van der Waals surface area contributed by atoms with Gasteiger partial charge in [0.15, 0.2) is 0 Å². The Hall–Kier alpha value is -2.54. The summed E-state index contributed by atoms with van der Waals surface area (Å²) in [6.07, 6.45) is 0. The second-order valence-corrected chi connectivity index (χ2v) is 8.47. The lowest BCUT2D eigenvalue weighted by molar-refractivity contribution is 0.151. The van der Waals surface area contributed by atoms with Crippen molar-refractivity contribution >= 4 is 6.03 Å². The number of aryl methyl sites for hydroxylation is 2. The Kier molecular flexibility index (Phi) is 5.25. The lowest BCUT2D eigenvalue weighted by atomic mass is 9.89. The number of nitrogens with zero attached hydrogens (tertiary/aromatic N) is 4. The Bertz CT molecular complexity index is 857. The molecule has 1 aromatic heterocycles. The Balaban J connectivity index is 1.58. The summed E-state index contributed by atoms with van der Waals surface area (Å²) in [5.74, 6) is 2.61. The summed E-state index contributed by atoms with van der Waals surface area (Å²) in [5, 5.41) is 4.09. The molecule has 0 N–H and O–H groups in total. The van der Waals surface area contributed by atoms with Crippen LogP contribution in [0.4, 0.5) is 4.79 Å². The van der Waals surface area contributed by atoms with E-state index in [1.807, 2.05) is 45.0 Å². The van der Waals surface area contributed by atoms with E-state index in [1.165, 1.54) is 11.1 Å². The molecule has 7 nitrogen and oxygen atoms in total. The lowest BCUT2D eigenvalue weighted by Gasteiger charge is -2.32. The molecule has 0 aliphatic carbocycles. The molecule has 3 heterocycles. The van der Waals surface area contributed by atoms with Crippen LogP contribution in [0.25, 0.3) is 0 Å². The number of amides is 2. The summed E-state index contributed by atoms with van der Waals surface area (Å²) < 4.78 is 10.7. The Morgan fingerprint density at radius 1 is 1.21 bits per heavy atom. The third kappa shape index (κ3) is 3.59. The van der Waals surface area contributed by atoms with Gasteiger partial charge in [-0.1, -0.05) is 17.3 Å². The Morgan fingerprint density at radius 3 is 2.52 bits per heavy atom. The molecule has 0 saturated carbocycles. The molecular formula is C22H30N4O3. The van der Waals surface area contributed by atoms with Gasteiger partial charge in [-0.05, 0) is 37.5 Å². The van der Waals surface area contributed by atoms with Gasteiger partial charge >= 0.3 is 6.03 Å². The summed E-state index contributed by atoms with van der Waals surface area (Å²) >= 11 is 0. The Morgan fingerprint density at radius 2 is 1.93 bits per heavy atom. The number of ether oxygens (including phenoxy) is 1. The molecule has 2 saturated heterocycles. The fraction of sp³-hybridized carbons (Fsp3) is 0.545. The summed E-state index contributed by atoms with van der Waals surface area (Å²) in [6.45, 7) is 7.56. The highest BCUT2D eigenvalue weighted by molar-refractivity contribution is 5.75. The van der Waals surface area contributed by atoms with Gasteiger partial charge in [0.25, 0.3) is 0 Å². The molecule has 2 aliphatic rings. The largest absolute Gasteiger partial charge is 0.497 e. The van der Waals surface area contributed by atoms with Crippen LogP contribution < -0.4 is 4.74 Å². The third-order valence-electron chi connectivity index (χ3n) is 6.39. The van der Waals surface area contributed by atoms with E-state index in [1.54, 1.807) is 12.0 Å². The quantitative estimate of drug-likeness (QED) is 0.792. The molecule has 7 heteroatoms. The fourth-order valence-corrected chi connectivity index (χ4v) is 4.90. The van der Waals surface area contributed by atoms with E-state index in [0.29, 0.717) is 11.8 Å². The maximum absolute atomic E-state index is 12.9. The van der Waals surface area contributed by atoms with E-state index >= 15 is 0 Å². The lowest BCUT2D eigenvalue weighted by Crippen LogP contribution is -2.41. The van der Waals surface area contributed by atoms with Crippen LogP contribution in [0.3, 0.4) is 0 Å². The predicted octanol–water partition coefficient (Wildman–Crippen LogP) is 3.09. The smallest absolute Gasteiger partial charge is 0.320 e. The van der Waals surface area contributed by atoms with Crippen molar-refractivity contribution in [3.8, 4) is 5.75 Å². The van der Waals surface area contributed by atoms with Crippen LogP contribution in [-0.4, -0.2) is 66.7 Å². The molecule has 0 radical (unpaired) electrons. The van der Waals surface area contributed by atoms with Crippen LogP contribution in [0.15, 0.2) is 28.8 Å². The van der Waals surface area contributed by atoms with Gasteiger partial charge < -0.3 is 19.1 Å². The van der Waals surface area contributed by atoms with Crippen molar-refractivity contribution in [2.75, 3.05) is 40.8 Å². The van der Waals surface area contributed by atoms with Crippen LogP contribution >= 0.6 is 0 Å². The minimum Gasteiger partial charge on any atom is -0.497 e. The molecule has 3 atom stereocenters. The van der Waals surface area contributed by atoms with Gasteiger partial charge in [0.1, 0.15) is 11.5 Å². The molecule has 156 valence electrons. The van der Waals surface area contributed by atoms with Crippen molar-refractivity contribution in [1.82, 2.24) is 19.9 Å². The maximum Gasteiger partial charge on any atom is 0.320 e. The molecule has 29 heavy (non-hydrogen) atoms. The summed E-state index contributed by atoms with van der Waals surface area (Å²) in [4.78, 5) is 19.1. The average Bonchev–Trinajstić information content (AvgIpc) is 3.35. The number of rotatable bonds is 4. The molecule has 4 rings (SSSR count). The first-order chi connectivity index (χ1) is 13.9. The molecule has 0 unspecified atom stereocenters. The van der Waals surface area contributed by atoms with E-state index < -0.39 is 0 Å². The SMILES string of the molecule is COc1ccc([C@H]2[C@@H]3CN(Cc4c(C)noc4C)C[C@@H]3CN2C(=O)N(C)C)cc1. The molecular weight excluding hydrogens is 368 g/mol. The van der Waals surface area contributed by atoms with Crippen molar-refractivity contribution in [1.29, 1.82) is 0 Å². The van der Waals surface area contributed by atoms with Gasteiger partial charge in [-0.25, -0.2) is 4.79 Å². The second-order valence-electron chi connectivity index (χ2n) is 8.47. The number of aromatic nitrogens is 1. The first-order valence-corrected chi connectivity index (χ1v) is 10.1. The van der Waals surface area contributed by atoms with Crippen LogP contribution in [0.5, 0.6) is 5.75 Å². The second kappa shape index (κ2) is 7.71. The molecule has 0 spiro atoms. The van der Waals surface area contributed by atoms with Gasteiger partial charge in [0.05, 0.1) is 18.8 Å². The number of benzene rings is 1. The molecule has 2 aliphatic heterocycles. The zero-order chi connectivity index (χ0) is 20.7. The first-order valence-electron chi connectivity index (χ1n) is 10.1. The van der Waals surface area contributed by atoms with Crippen LogP contribution in [-0.2, 0) is 6.54 Å². The summed E-state index contributed by atoms with van der Waals surface area (Å²) in [6, 6.07) is 8.32. The number of hydrogen-bond acceptors (Lipinski definition) is 5. The van der Waals surface area contributed by atoms with Crippen LogP contribution in [0, 0.1) is 25.7 Å². The number of urea groups is 1. The minimum absolute atomic E-state index is 0.0791. The Labute approximate surface area is 172 Å². The average molecular weight is 399 g/mol. The maximum atomic E-state index is 12.9. The van der Waals surface area contributed by atoms with Gasteiger partial charge in [0, 0.05) is 51.8 Å². The highest BCUT2D eigenvalue weighted by Gasteiger charge is 2.49. The summed E-state index contributed by atoms with van der Waals surface area (Å²) in [5.41, 5.74) is 3.33. The van der Waals surface area contributed by atoms with Crippen LogP contribution in [0.2, 0.25) is 0 Å². The topological polar surface area (TPSA) is 62.1 Å². The molecule has 1 aromatic carbocycles. The van der Waals surface area contributed by atoms with Crippen LogP contribution in [0.1, 0.15) is 28.6 Å². The van der Waals surface area contributed by atoms with Gasteiger partial charge in [0.2, 0.25) is 0 Å². The third-order valence-corrected chi connectivity index (χ3v) is 6.39. The molecule has 0 bridgehead atoms. The van der Waals surface area contributed by atoms with Crippen molar-refractivity contribution in [3.63, 3.8) is 0 Å². The van der Waals surface area contributed by atoms with Gasteiger partial charge in [-0.3, -0.25) is 4.90 Å². The van der Waals surface area contributed by atoms with Crippen molar-refractivity contribution in [2.24, 2.45) is 11.8 Å². The van der Waals surface area contributed by atoms with E-state index in [2.05, 4.69) is 22.2 Å². The number of hydrogen-bond donors (Lipinski definition) is 0. The number of carbonyl (C=O) groups excluding carboxylic acids is 1. The standard InChI is InChI=1S/C22H30N4O3/c1-14-19(15(2)29-23-14)12-25-10-17-11-26(22(27)24(3)4)21(20(17)13-25)16-6-8-18(28-5)9-7-16/h6-9,17,20-21H,10-13H2,1-5H3/t17-,20-,21+/m1/s1. The highest BCUT2D eigenvalue weighted by Crippen LogP contribution is 2.46. The normalized spacial score (nSPS) is 24.0. The number of methoxy groups -OCH3 is 1. The van der Waals surface area contributed by atoms with E-state index in [9.17, 15) is 4.79 Å². The minimum atomic E-state index is 0.0791. The van der Waals surface area contributed by atoms with Crippen molar-refractivity contribution in [2.45, 2.75) is 26.4 Å². The van der Waals surface area contributed by atoms with E-state index in [0.717, 1.165) is 43.4 Å². The molecule has 2 aromatic rings. The number of fused-ring (bicyclic) bond motifs is 1. The van der Waals surface area contributed by atoms with Crippen molar-refractivity contribution < 1.29 is 14.1 Å². The van der Waals surface area contributed by atoms with Gasteiger partial charge in [-0.15, -0.1) is 0 Å². The fourth-order valence-electron chi connectivity index (χ4n) is 4.90.